The molecule has 1 fully saturated rings. The third kappa shape index (κ3) is 2.83. The molecule has 0 amide bonds. The first-order valence-electron chi connectivity index (χ1n) is 5.69. The molecule has 0 saturated carbocycles. The van der Waals surface area contributed by atoms with Gasteiger partial charge in [0.1, 0.15) is 0 Å². The molecule has 0 aromatic heterocycles. The summed E-state index contributed by atoms with van der Waals surface area (Å²) in [4.78, 5) is 2.26. The van der Waals surface area contributed by atoms with Gasteiger partial charge in [-0.25, -0.2) is 0 Å². The summed E-state index contributed by atoms with van der Waals surface area (Å²) in [7, 11) is 1.54. The van der Waals surface area contributed by atoms with Crippen LogP contribution in [0.3, 0.4) is 0 Å². The lowest BCUT2D eigenvalue weighted by Gasteiger charge is -2.27. The molecule has 1 saturated heterocycles. The van der Waals surface area contributed by atoms with E-state index in [1.165, 1.54) is 7.11 Å². The molecule has 94 valence electrons. The number of halogens is 1. The molecule has 4 nitrogen and oxygen atoms in total. The van der Waals surface area contributed by atoms with E-state index in [1.54, 1.807) is 12.1 Å². The van der Waals surface area contributed by atoms with E-state index in [1.807, 2.05) is 0 Å². The lowest BCUT2D eigenvalue weighted by molar-refractivity contribution is 0.230. The monoisotopic (exact) mass is 256 g/mol. The van der Waals surface area contributed by atoms with Gasteiger partial charge in [-0.15, -0.1) is 0 Å². The molecule has 0 aliphatic carbocycles. The van der Waals surface area contributed by atoms with E-state index < -0.39 is 0 Å². The molecule has 0 unspecified atom stereocenters. The summed E-state index contributed by atoms with van der Waals surface area (Å²) in [5.74, 6) is 0.623. The average Bonchev–Trinajstić information content (AvgIpc) is 2.36. The standard InChI is InChI=1S/C12H17ClN2O2/c1-17-11-3-2-10(13)9(12(11)16)8-15-6-4-14-5-7-15/h2-3,14,16H,4-8H2,1H3. The topological polar surface area (TPSA) is 44.7 Å². The van der Waals surface area contributed by atoms with E-state index in [-0.39, 0.29) is 5.75 Å². The van der Waals surface area contributed by atoms with Crippen molar-refractivity contribution < 1.29 is 9.84 Å². The molecule has 17 heavy (non-hydrogen) atoms. The predicted octanol–water partition coefficient (Wildman–Crippen LogP) is 1.46. The van der Waals surface area contributed by atoms with Gasteiger partial charge in [0.2, 0.25) is 0 Å². The lowest BCUT2D eigenvalue weighted by atomic mass is 10.1. The number of piperazine rings is 1. The van der Waals surface area contributed by atoms with Crippen LogP contribution in [0.15, 0.2) is 12.1 Å². The third-order valence-electron chi connectivity index (χ3n) is 3.00. The van der Waals surface area contributed by atoms with E-state index in [0.29, 0.717) is 17.3 Å². The van der Waals surface area contributed by atoms with Crippen LogP contribution in [0.2, 0.25) is 5.02 Å². The Balaban J connectivity index is 2.18. The maximum Gasteiger partial charge on any atom is 0.163 e. The zero-order valence-electron chi connectivity index (χ0n) is 9.87. The number of rotatable bonds is 3. The molecule has 2 N–H and O–H groups in total. The molecule has 0 bridgehead atoms. The average molecular weight is 257 g/mol. The molecule has 1 aromatic rings. The van der Waals surface area contributed by atoms with Crippen LogP contribution in [0.5, 0.6) is 11.5 Å². The van der Waals surface area contributed by atoms with E-state index in [4.69, 9.17) is 16.3 Å². The van der Waals surface area contributed by atoms with E-state index in [0.717, 1.165) is 31.7 Å². The highest BCUT2D eigenvalue weighted by Crippen LogP contribution is 2.35. The van der Waals surface area contributed by atoms with Crippen LogP contribution in [0.4, 0.5) is 0 Å². The van der Waals surface area contributed by atoms with Crippen molar-refractivity contribution >= 4 is 11.6 Å². The number of hydrogen-bond donors (Lipinski definition) is 2. The van der Waals surface area contributed by atoms with Gasteiger partial charge in [0.25, 0.3) is 0 Å². The number of nitrogens with zero attached hydrogens (tertiary/aromatic N) is 1. The Morgan fingerprint density at radius 3 is 2.76 bits per heavy atom. The highest BCUT2D eigenvalue weighted by Gasteiger charge is 2.17. The lowest BCUT2D eigenvalue weighted by Crippen LogP contribution is -2.42. The molecule has 0 atom stereocenters. The van der Waals surface area contributed by atoms with E-state index in [9.17, 15) is 5.11 Å². The second-order valence-electron chi connectivity index (χ2n) is 4.10. The highest BCUT2D eigenvalue weighted by molar-refractivity contribution is 6.31. The summed E-state index contributed by atoms with van der Waals surface area (Å²) in [6.45, 7) is 4.54. The first-order valence-corrected chi connectivity index (χ1v) is 6.07. The molecule has 1 aliphatic rings. The Labute approximate surface area is 106 Å². The summed E-state index contributed by atoms with van der Waals surface area (Å²) in [5, 5.41) is 13.9. The zero-order valence-corrected chi connectivity index (χ0v) is 10.6. The van der Waals surface area contributed by atoms with Crippen molar-refractivity contribution in [3.63, 3.8) is 0 Å². The maximum absolute atomic E-state index is 10.0. The van der Waals surface area contributed by atoms with Crippen LogP contribution in [0.1, 0.15) is 5.56 Å². The van der Waals surface area contributed by atoms with E-state index >= 15 is 0 Å². The number of phenolic OH excluding ortho intramolecular Hbond substituents is 1. The second kappa shape index (κ2) is 5.58. The minimum atomic E-state index is 0.151. The Bertz CT molecular complexity index is 392. The van der Waals surface area contributed by atoms with Crippen LogP contribution >= 0.6 is 11.6 Å². The number of ether oxygens (including phenoxy) is 1. The molecule has 5 heteroatoms. The molecule has 0 spiro atoms. The highest BCUT2D eigenvalue weighted by atomic mass is 35.5. The molecular weight excluding hydrogens is 240 g/mol. The summed E-state index contributed by atoms with van der Waals surface area (Å²) in [6.07, 6.45) is 0. The Kier molecular flexibility index (Phi) is 4.10. The number of aromatic hydroxyl groups is 1. The minimum absolute atomic E-state index is 0.151. The molecule has 1 aromatic carbocycles. The SMILES string of the molecule is COc1ccc(Cl)c(CN2CCNCC2)c1O. The van der Waals surface area contributed by atoms with Gasteiger partial charge >= 0.3 is 0 Å². The largest absolute Gasteiger partial charge is 0.504 e. The van der Waals surface area contributed by atoms with Gasteiger partial charge in [0.05, 0.1) is 7.11 Å². The zero-order chi connectivity index (χ0) is 12.3. The summed E-state index contributed by atoms with van der Waals surface area (Å²) in [5.41, 5.74) is 0.743. The Morgan fingerprint density at radius 2 is 2.12 bits per heavy atom. The number of methoxy groups -OCH3 is 1. The molecule has 2 rings (SSSR count). The fourth-order valence-corrected chi connectivity index (χ4v) is 2.21. The predicted molar refractivity (Wildman–Crippen MR) is 67.8 cm³/mol. The fraction of sp³-hybridized carbons (Fsp3) is 0.500. The van der Waals surface area contributed by atoms with Crippen LogP contribution < -0.4 is 10.1 Å². The molecule has 1 aliphatic heterocycles. The van der Waals surface area contributed by atoms with Crippen molar-refractivity contribution in [2.75, 3.05) is 33.3 Å². The van der Waals surface area contributed by atoms with Crippen molar-refractivity contribution in [2.45, 2.75) is 6.54 Å². The van der Waals surface area contributed by atoms with Crippen molar-refractivity contribution in [1.29, 1.82) is 0 Å². The van der Waals surface area contributed by atoms with Gasteiger partial charge in [-0.3, -0.25) is 4.90 Å². The van der Waals surface area contributed by atoms with Gasteiger partial charge in [-0.05, 0) is 12.1 Å². The van der Waals surface area contributed by atoms with Crippen molar-refractivity contribution in [3.8, 4) is 11.5 Å². The second-order valence-corrected chi connectivity index (χ2v) is 4.51. The molecule has 0 radical (unpaired) electrons. The molecule has 1 heterocycles. The van der Waals surface area contributed by atoms with Gasteiger partial charge in [-0.1, -0.05) is 11.6 Å². The maximum atomic E-state index is 10.0. The summed E-state index contributed by atoms with van der Waals surface area (Å²) in [6, 6.07) is 3.44. The first kappa shape index (κ1) is 12.5. The Hall–Kier alpha value is -0.970. The normalized spacial score (nSPS) is 17.1. The van der Waals surface area contributed by atoms with Crippen molar-refractivity contribution in [1.82, 2.24) is 10.2 Å². The number of benzene rings is 1. The van der Waals surface area contributed by atoms with Gasteiger partial charge in [-0.2, -0.15) is 0 Å². The van der Waals surface area contributed by atoms with Crippen molar-refractivity contribution in [2.24, 2.45) is 0 Å². The van der Waals surface area contributed by atoms with Gasteiger partial charge in [0.15, 0.2) is 11.5 Å². The van der Waals surface area contributed by atoms with Crippen LogP contribution in [0, 0.1) is 0 Å². The number of nitrogens with one attached hydrogen (secondary N) is 1. The van der Waals surface area contributed by atoms with Crippen LogP contribution in [0.25, 0.3) is 0 Å². The quantitative estimate of drug-likeness (QED) is 0.860. The third-order valence-corrected chi connectivity index (χ3v) is 3.35. The van der Waals surface area contributed by atoms with Crippen LogP contribution in [-0.2, 0) is 6.54 Å². The van der Waals surface area contributed by atoms with E-state index in [2.05, 4.69) is 10.2 Å². The summed E-state index contributed by atoms with van der Waals surface area (Å²) < 4.78 is 5.09. The summed E-state index contributed by atoms with van der Waals surface area (Å²) >= 11 is 6.12. The fourth-order valence-electron chi connectivity index (χ4n) is 2.00. The van der Waals surface area contributed by atoms with Crippen molar-refractivity contribution in [3.05, 3.63) is 22.7 Å². The van der Waals surface area contributed by atoms with Gasteiger partial charge in [0, 0.05) is 43.3 Å². The Morgan fingerprint density at radius 1 is 1.41 bits per heavy atom. The number of phenols is 1. The van der Waals surface area contributed by atoms with Gasteiger partial charge < -0.3 is 15.2 Å². The number of hydrogen-bond acceptors (Lipinski definition) is 4. The minimum Gasteiger partial charge on any atom is -0.504 e. The smallest absolute Gasteiger partial charge is 0.163 e. The first-order chi connectivity index (χ1) is 8.22. The van der Waals surface area contributed by atoms with Crippen LogP contribution in [-0.4, -0.2) is 43.3 Å². The molecular formula is C12H17ClN2O2.